The smallest absolute Gasteiger partial charge is 0.412 e. The van der Waals surface area contributed by atoms with Crippen molar-refractivity contribution in [2.24, 2.45) is 0 Å². The van der Waals surface area contributed by atoms with E-state index in [4.69, 9.17) is 30.6 Å². The van der Waals surface area contributed by atoms with E-state index < -0.39 is 10.2 Å². The van der Waals surface area contributed by atoms with Gasteiger partial charge in [-0.1, -0.05) is 0 Å². The fraction of sp³-hybridized carbons (Fsp3) is 0. The van der Waals surface area contributed by atoms with Crippen LogP contribution >= 0.6 is 0 Å². The Bertz CT molecular complexity index is 70.9. The van der Waals surface area contributed by atoms with Gasteiger partial charge in [0.15, 0.2) is 0 Å². The Morgan fingerprint density at radius 3 is 0.615 bits per heavy atom. The van der Waals surface area contributed by atoms with Gasteiger partial charge < -0.3 is 52.5 Å². The normalized spacial score (nSPS) is 3.69. The van der Waals surface area contributed by atoms with Crippen molar-refractivity contribution in [1.29, 1.82) is 0 Å². The van der Waals surface area contributed by atoms with Crippen molar-refractivity contribution in [3.8, 4) is 0 Å². The van der Waals surface area contributed by atoms with Crippen LogP contribution in [0.15, 0.2) is 0 Å². The Hall–Kier alpha value is -1.24. The van der Waals surface area contributed by atoms with E-state index >= 15 is 0 Å². The molecule has 8 N–H and O–H groups in total. The molecule has 0 aromatic carbocycles. The van der Waals surface area contributed by atoms with Gasteiger partial charge >= 0.3 is 17.1 Å². The molecule has 1 radical (unpaired) electrons. The van der Waals surface area contributed by atoms with Crippen molar-refractivity contribution >= 4 is 0 Å². The minimum absolute atomic E-state index is 0. The molecule has 0 spiro atoms. The Labute approximate surface area is 80.7 Å². The van der Waals surface area contributed by atoms with Gasteiger partial charge in [0.25, 0.3) is 0 Å². The molecule has 0 amide bonds. The molecule has 13 heteroatoms. The fourth-order valence-electron chi connectivity index (χ4n) is 0. The summed E-state index contributed by atoms with van der Waals surface area (Å²) in [7, 11) is 0. The van der Waals surface area contributed by atoms with Gasteiger partial charge in [-0.05, 0) is 0 Å². The molecule has 0 atom stereocenters. The van der Waals surface area contributed by atoms with Crippen molar-refractivity contribution < 1.29 is 49.1 Å². The van der Waals surface area contributed by atoms with Gasteiger partial charge in [-0.15, -0.1) is 0 Å². The van der Waals surface area contributed by atoms with E-state index in [9.17, 15) is 0 Å². The van der Waals surface area contributed by atoms with Gasteiger partial charge in [0.1, 0.15) is 0 Å². The van der Waals surface area contributed by atoms with Crippen LogP contribution in [0.5, 0.6) is 0 Å². The Balaban J connectivity index is -0.00000000800. The zero-order chi connectivity index (χ0) is 7.15. The number of hydrogen-bond acceptors (Lipinski definition) is 6. The molecule has 0 aliphatic rings. The van der Waals surface area contributed by atoms with E-state index in [0.29, 0.717) is 0 Å². The molecular formula is H8CuN2O10. The summed E-state index contributed by atoms with van der Waals surface area (Å²) in [5.74, 6) is 0. The molecule has 0 aromatic heterocycles. The van der Waals surface area contributed by atoms with Gasteiger partial charge in [0.2, 0.25) is 0 Å². The molecule has 0 rings (SSSR count). The van der Waals surface area contributed by atoms with Gasteiger partial charge in [-0.25, -0.2) is 0 Å². The first-order valence-electron chi connectivity index (χ1n) is 1.10. The van der Waals surface area contributed by atoms with Gasteiger partial charge in [0.05, 0.1) is 10.2 Å². The minimum Gasteiger partial charge on any atom is -0.412 e. The van der Waals surface area contributed by atoms with Crippen LogP contribution in [0.3, 0.4) is 0 Å². The molecule has 0 fully saturated rings. The first kappa shape index (κ1) is 60.1. The average molecular weight is 260 g/mol. The summed E-state index contributed by atoms with van der Waals surface area (Å²) in [4.78, 5) is 16.5. The number of hydrogen-bond donors (Lipinski definition) is 0. The van der Waals surface area contributed by atoms with Crippen molar-refractivity contribution in [2.45, 2.75) is 0 Å². The second-order valence-corrected chi connectivity index (χ2v) is 0.447. The molecule has 0 heterocycles. The van der Waals surface area contributed by atoms with E-state index in [2.05, 4.69) is 0 Å². The SMILES string of the molecule is O.O.O.O.O=[N+]([O-])[O-].O=[N+]([O-])[O-].[Cu+2]. The summed E-state index contributed by atoms with van der Waals surface area (Å²) in [6.45, 7) is 0. The molecule has 0 saturated carbocycles. The molecule has 0 unspecified atom stereocenters. The summed E-state index contributed by atoms with van der Waals surface area (Å²) < 4.78 is 0. The maximum absolute atomic E-state index is 8.25. The van der Waals surface area contributed by atoms with Crippen molar-refractivity contribution in [3.05, 3.63) is 30.6 Å². The van der Waals surface area contributed by atoms with Crippen LogP contribution in [-0.2, 0) is 17.1 Å². The maximum Gasteiger partial charge on any atom is 2.00 e. The van der Waals surface area contributed by atoms with Crippen molar-refractivity contribution in [3.63, 3.8) is 0 Å². The molecule has 0 aliphatic heterocycles. The largest absolute Gasteiger partial charge is 2.00 e. The van der Waals surface area contributed by atoms with Crippen LogP contribution in [0.25, 0.3) is 0 Å². The second kappa shape index (κ2) is 45.2. The summed E-state index contributed by atoms with van der Waals surface area (Å²) >= 11 is 0. The van der Waals surface area contributed by atoms with Crippen molar-refractivity contribution in [1.82, 2.24) is 0 Å². The molecule has 0 bridgehead atoms. The van der Waals surface area contributed by atoms with Gasteiger partial charge in [-0.3, -0.25) is 0 Å². The molecule has 13 heavy (non-hydrogen) atoms. The molecule has 0 aliphatic carbocycles. The van der Waals surface area contributed by atoms with Gasteiger partial charge in [0, 0.05) is 0 Å². The van der Waals surface area contributed by atoms with Crippen LogP contribution < -0.4 is 0 Å². The second-order valence-electron chi connectivity index (χ2n) is 0.447. The van der Waals surface area contributed by atoms with Crippen LogP contribution in [0.2, 0.25) is 0 Å². The monoisotopic (exact) mass is 259 g/mol. The Morgan fingerprint density at radius 1 is 0.615 bits per heavy atom. The van der Waals surface area contributed by atoms with Crippen molar-refractivity contribution in [2.75, 3.05) is 0 Å². The number of nitrogens with zero attached hydrogens (tertiary/aromatic N) is 2. The van der Waals surface area contributed by atoms with Crippen LogP contribution in [0.1, 0.15) is 0 Å². The zero-order valence-corrected chi connectivity index (χ0v) is 6.59. The van der Waals surface area contributed by atoms with Crippen LogP contribution in [0, 0.1) is 30.6 Å². The van der Waals surface area contributed by atoms with E-state index in [-0.39, 0.29) is 39.0 Å². The third-order valence-electron chi connectivity index (χ3n) is 0. The number of rotatable bonds is 0. The molecule has 0 saturated heterocycles. The third-order valence-corrected chi connectivity index (χ3v) is 0. The Morgan fingerprint density at radius 2 is 0.615 bits per heavy atom. The van der Waals surface area contributed by atoms with Crippen LogP contribution in [-0.4, -0.2) is 32.1 Å². The van der Waals surface area contributed by atoms with Gasteiger partial charge in [-0.2, -0.15) is 0 Å². The summed E-state index contributed by atoms with van der Waals surface area (Å²) in [5, 5.41) is 29.5. The predicted molar refractivity (Wildman–Crippen MR) is 35.2 cm³/mol. The topological polar surface area (TPSA) is 258 Å². The minimum atomic E-state index is -1.75. The standard InChI is InChI=1S/Cu.2NO3.4H2O/c;2*2-1(3)4;;;;/h;;;4*1H2/q+2;2*-1;;;;. The molecule has 89 valence electrons. The molecule has 0 aromatic rings. The third kappa shape index (κ3) is 536. The van der Waals surface area contributed by atoms with E-state index in [1.54, 1.807) is 0 Å². The maximum atomic E-state index is 8.25. The summed E-state index contributed by atoms with van der Waals surface area (Å²) in [6, 6.07) is 0. The molecular weight excluding hydrogens is 252 g/mol. The fourth-order valence-corrected chi connectivity index (χ4v) is 0. The summed E-state index contributed by atoms with van der Waals surface area (Å²) in [5.41, 5.74) is 0. The van der Waals surface area contributed by atoms with E-state index in [0.717, 1.165) is 0 Å². The van der Waals surface area contributed by atoms with E-state index in [1.807, 2.05) is 0 Å². The Kier molecular flexibility index (Phi) is 209. The zero-order valence-electron chi connectivity index (χ0n) is 5.65. The first-order valence-corrected chi connectivity index (χ1v) is 1.10. The molecule has 12 nitrogen and oxygen atoms in total. The first-order chi connectivity index (χ1) is 3.46. The quantitative estimate of drug-likeness (QED) is 0.239. The summed E-state index contributed by atoms with van der Waals surface area (Å²) in [6.07, 6.45) is 0. The predicted octanol–water partition coefficient (Wildman–Crippen LogP) is -3.78. The average Bonchev–Trinajstić information content (AvgIpc) is 1.25. The van der Waals surface area contributed by atoms with Crippen LogP contribution in [0.4, 0.5) is 0 Å². The van der Waals surface area contributed by atoms with E-state index in [1.165, 1.54) is 0 Å².